The first-order valence-corrected chi connectivity index (χ1v) is 5.39. The summed E-state index contributed by atoms with van der Waals surface area (Å²) in [5.74, 6) is -0.210. The lowest BCUT2D eigenvalue weighted by atomic mass is 10.1. The Morgan fingerprint density at radius 2 is 2.13 bits per heavy atom. The topological polar surface area (TPSA) is 29.3 Å². The lowest BCUT2D eigenvalue weighted by molar-refractivity contribution is 0.609. The second kappa shape index (κ2) is 5.71. The van der Waals surface area contributed by atoms with Gasteiger partial charge in [0.15, 0.2) is 0 Å². The van der Waals surface area contributed by atoms with E-state index in [1.165, 1.54) is 6.07 Å². The lowest BCUT2D eigenvalue weighted by Gasteiger charge is -2.22. The Hall–Kier alpha value is -1.09. The van der Waals surface area contributed by atoms with E-state index in [9.17, 15) is 4.39 Å². The molecule has 0 saturated heterocycles. The van der Waals surface area contributed by atoms with E-state index in [0.29, 0.717) is 5.56 Å². The zero-order chi connectivity index (χ0) is 11.3. The van der Waals surface area contributed by atoms with Crippen LogP contribution >= 0.6 is 0 Å². The molecule has 0 amide bonds. The van der Waals surface area contributed by atoms with Crippen molar-refractivity contribution >= 4 is 5.69 Å². The van der Waals surface area contributed by atoms with Crippen molar-refractivity contribution in [3.05, 3.63) is 29.6 Å². The third kappa shape index (κ3) is 2.93. The van der Waals surface area contributed by atoms with Gasteiger partial charge >= 0.3 is 0 Å². The monoisotopic (exact) mass is 210 g/mol. The number of benzene rings is 1. The van der Waals surface area contributed by atoms with E-state index in [0.717, 1.165) is 25.1 Å². The van der Waals surface area contributed by atoms with Crippen molar-refractivity contribution in [3.63, 3.8) is 0 Å². The molecule has 0 heterocycles. The predicted molar refractivity (Wildman–Crippen MR) is 62.5 cm³/mol. The molecule has 3 heteroatoms. The molecule has 1 aromatic carbocycles. The number of halogens is 1. The van der Waals surface area contributed by atoms with Crippen LogP contribution in [0.1, 0.15) is 25.3 Å². The summed E-state index contributed by atoms with van der Waals surface area (Å²) in [5, 5.41) is 0. The minimum Gasteiger partial charge on any atom is -0.374 e. The van der Waals surface area contributed by atoms with E-state index >= 15 is 0 Å². The van der Waals surface area contributed by atoms with Gasteiger partial charge in [0, 0.05) is 31.4 Å². The minimum atomic E-state index is -0.210. The van der Waals surface area contributed by atoms with Crippen molar-refractivity contribution in [3.8, 4) is 0 Å². The van der Waals surface area contributed by atoms with Gasteiger partial charge in [-0.15, -0.1) is 0 Å². The maximum absolute atomic E-state index is 13.4. The van der Waals surface area contributed by atoms with Gasteiger partial charge in [0.05, 0.1) is 0 Å². The number of unbranched alkanes of at least 4 members (excludes halogenated alkanes) is 1. The summed E-state index contributed by atoms with van der Waals surface area (Å²) in [6.07, 6.45) is 2.24. The number of hydrogen-bond acceptors (Lipinski definition) is 2. The summed E-state index contributed by atoms with van der Waals surface area (Å²) in [7, 11) is 1.98. The van der Waals surface area contributed by atoms with E-state index < -0.39 is 0 Å². The van der Waals surface area contributed by atoms with Gasteiger partial charge in [-0.05, 0) is 18.6 Å². The number of anilines is 1. The van der Waals surface area contributed by atoms with E-state index in [1.54, 1.807) is 6.07 Å². The Kier molecular flexibility index (Phi) is 4.56. The Labute approximate surface area is 90.9 Å². The summed E-state index contributed by atoms with van der Waals surface area (Å²) in [6, 6.07) is 5.10. The van der Waals surface area contributed by atoms with Crippen molar-refractivity contribution in [2.45, 2.75) is 26.3 Å². The maximum atomic E-state index is 13.4. The van der Waals surface area contributed by atoms with Crippen LogP contribution in [0.15, 0.2) is 18.2 Å². The van der Waals surface area contributed by atoms with Crippen LogP contribution in [0, 0.1) is 5.82 Å². The van der Waals surface area contributed by atoms with Gasteiger partial charge in [0.1, 0.15) is 5.82 Å². The standard InChI is InChI=1S/C12H19FN2/c1-3-4-8-15(2)12-7-5-6-11(13)10(12)9-14/h5-7H,3-4,8-9,14H2,1-2H3. The highest BCUT2D eigenvalue weighted by atomic mass is 19.1. The van der Waals surface area contributed by atoms with Gasteiger partial charge < -0.3 is 10.6 Å². The fourth-order valence-corrected chi connectivity index (χ4v) is 1.62. The summed E-state index contributed by atoms with van der Waals surface area (Å²) >= 11 is 0. The van der Waals surface area contributed by atoms with E-state index in [2.05, 4.69) is 11.8 Å². The Balaban J connectivity index is 2.87. The molecule has 0 bridgehead atoms. The van der Waals surface area contributed by atoms with Crippen molar-refractivity contribution in [2.24, 2.45) is 5.73 Å². The molecule has 0 unspecified atom stereocenters. The molecule has 1 rings (SSSR count). The Bertz CT molecular complexity index is 312. The molecule has 84 valence electrons. The molecule has 0 radical (unpaired) electrons. The van der Waals surface area contributed by atoms with Crippen LogP contribution in [0.25, 0.3) is 0 Å². The minimum absolute atomic E-state index is 0.210. The predicted octanol–water partition coefficient (Wildman–Crippen LogP) is 2.52. The highest BCUT2D eigenvalue weighted by molar-refractivity contribution is 5.53. The third-order valence-corrected chi connectivity index (χ3v) is 2.56. The van der Waals surface area contributed by atoms with Gasteiger partial charge in [-0.2, -0.15) is 0 Å². The fraction of sp³-hybridized carbons (Fsp3) is 0.500. The zero-order valence-corrected chi connectivity index (χ0v) is 9.46. The van der Waals surface area contributed by atoms with Crippen LogP contribution < -0.4 is 10.6 Å². The van der Waals surface area contributed by atoms with Crippen molar-refractivity contribution < 1.29 is 4.39 Å². The number of hydrogen-bond donors (Lipinski definition) is 1. The molecule has 0 aliphatic carbocycles. The first-order valence-electron chi connectivity index (χ1n) is 5.39. The lowest BCUT2D eigenvalue weighted by Crippen LogP contribution is -2.21. The van der Waals surface area contributed by atoms with Crippen LogP contribution in [-0.4, -0.2) is 13.6 Å². The van der Waals surface area contributed by atoms with Crippen molar-refractivity contribution in [1.29, 1.82) is 0 Å². The fourth-order valence-electron chi connectivity index (χ4n) is 1.62. The normalized spacial score (nSPS) is 10.4. The molecule has 15 heavy (non-hydrogen) atoms. The van der Waals surface area contributed by atoms with Gasteiger partial charge in [0.2, 0.25) is 0 Å². The van der Waals surface area contributed by atoms with Gasteiger partial charge in [-0.25, -0.2) is 4.39 Å². The maximum Gasteiger partial charge on any atom is 0.129 e. The molecule has 0 aromatic heterocycles. The van der Waals surface area contributed by atoms with Crippen LogP contribution in [0.2, 0.25) is 0 Å². The van der Waals surface area contributed by atoms with Crippen molar-refractivity contribution in [2.75, 3.05) is 18.5 Å². The van der Waals surface area contributed by atoms with Crippen LogP contribution in [0.5, 0.6) is 0 Å². The zero-order valence-electron chi connectivity index (χ0n) is 9.46. The number of nitrogens with two attached hydrogens (primary N) is 1. The average Bonchev–Trinajstić information content (AvgIpc) is 2.25. The van der Waals surface area contributed by atoms with Crippen LogP contribution in [0.4, 0.5) is 10.1 Å². The molecule has 0 saturated carbocycles. The first kappa shape index (κ1) is 12.0. The summed E-state index contributed by atoms with van der Waals surface area (Å²) in [4.78, 5) is 2.06. The smallest absolute Gasteiger partial charge is 0.129 e. The molecular weight excluding hydrogens is 191 g/mol. The molecule has 0 fully saturated rings. The quantitative estimate of drug-likeness (QED) is 0.809. The van der Waals surface area contributed by atoms with Gasteiger partial charge in [-0.3, -0.25) is 0 Å². The molecule has 0 aliphatic rings. The Morgan fingerprint density at radius 1 is 1.40 bits per heavy atom. The molecule has 0 aliphatic heterocycles. The number of rotatable bonds is 5. The summed E-state index contributed by atoms with van der Waals surface area (Å²) < 4.78 is 13.4. The SMILES string of the molecule is CCCCN(C)c1cccc(F)c1CN. The molecule has 2 N–H and O–H groups in total. The third-order valence-electron chi connectivity index (χ3n) is 2.56. The van der Waals surface area contributed by atoms with Gasteiger partial charge in [-0.1, -0.05) is 19.4 Å². The van der Waals surface area contributed by atoms with E-state index in [4.69, 9.17) is 5.73 Å². The largest absolute Gasteiger partial charge is 0.374 e. The molecule has 2 nitrogen and oxygen atoms in total. The van der Waals surface area contributed by atoms with E-state index in [-0.39, 0.29) is 12.4 Å². The molecular formula is C12H19FN2. The van der Waals surface area contributed by atoms with Gasteiger partial charge in [0.25, 0.3) is 0 Å². The first-order chi connectivity index (χ1) is 7.20. The van der Waals surface area contributed by atoms with Crippen molar-refractivity contribution in [1.82, 2.24) is 0 Å². The van der Waals surface area contributed by atoms with Crippen LogP contribution in [0.3, 0.4) is 0 Å². The second-order valence-electron chi connectivity index (χ2n) is 3.72. The average molecular weight is 210 g/mol. The summed E-state index contributed by atoms with van der Waals surface area (Å²) in [5.41, 5.74) is 7.07. The second-order valence-corrected chi connectivity index (χ2v) is 3.72. The highest BCUT2D eigenvalue weighted by Crippen LogP contribution is 2.21. The molecule has 0 atom stereocenters. The van der Waals surface area contributed by atoms with Crippen LogP contribution in [-0.2, 0) is 6.54 Å². The number of nitrogens with zero attached hydrogens (tertiary/aromatic N) is 1. The highest BCUT2D eigenvalue weighted by Gasteiger charge is 2.09. The Morgan fingerprint density at radius 3 is 2.73 bits per heavy atom. The van der Waals surface area contributed by atoms with E-state index in [1.807, 2.05) is 13.1 Å². The molecule has 0 spiro atoms. The summed E-state index contributed by atoms with van der Waals surface area (Å²) in [6.45, 7) is 3.33. The molecule has 1 aromatic rings.